The maximum atomic E-state index is 10.4. The summed E-state index contributed by atoms with van der Waals surface area (Å²) in [6, 6.07) is 4.29. The number of aliphatic carboxylic acids is 1. The first-order valence-corrected chi connectivity index (χ1v) is 4.68. The van der Waals surface area contributed by atoms with Gasteiger partial charge in [-0.15, -0.1) is 0 Å². The lowest BCUT2D eigenvalue weighted by Gasteiger charge is -2.09. The van der Waals surface area contributed by atoms with E-state index in [-0.39, 0.29) is 6.42 Å². The summed E-state index contributed by atoms with van der Waals surface area (Å²) in [5, 5.41) is 9.34. The molecule has 0 amide bonds. The van der Waals surface area contributed by atoms with E-state index in [0.29, 0.717) is 15.6 Å². The summed E-state index contributed by atoms with van der Waals surface area (Å²) in [6.07, 6.45) is -0.127. The molecule has 0 spiro atoms. The molecule has 3 nitrogen and oxygen atoms in total. The molecule has 0 bridgehead atoms. The third kappa shape index (κ3) is 2.87. The molecule has 1 aromatic rings. The van der Waals surface area contributed by atoms with Crippen LogP contribution in [-0.4, -0.2) is 11.1 Å². The number of hydrogen-bond donors (Lipinski definition) is 2. The van der Waals surface area contributed by atoms with Crippen molar-refractivity contribution < 1.29 is 9.90 Å². The average Bonchev–Trinajstić information content (AvgIpc) is 2.08. The normalized spacial score (nSPS) is 12.5. The summed E-state index contributed by atoms with van der Waals surface area (Å²) in [7, 11) is 0. The summed E-state index contributed by atoms with van der Waals surface area (Å²) >= 11 is 11.5. The van der Waals surface area contributed by atoms with Gasteiger partial charge in [0.1, 0.15) is 0 Å². The molecule has 1 atom stereocenters. The molecule has 76 valence electrons. The number of hydrogen-bond acceptors (Lipinski definition) is 2. The van der Waals surface area contributed by atoms with Gasteiger partial charge in [0, 0.05) is 6.04 Å². The molecular weight excluding hydrogens is 225 g/mol. The van der Waals surface area contributed by atoms with Gasteiger partial charge in [0.25, 0.3) is 0 Å². The van der Waals surface area contributed by atoms with Crippen molar-refractivity contribution in [1.29, 1.82) is 0 Å². The molecule has 0 aliphatic rings. The van der Waals surface area contributed by atoms with Crippen molar-refractivity contribution in [3.63, 3.8) is 0 Å². The first-order valence-electron chi connectivity index (χ1n) is 3.93. The van der Waals surface area contributed by atoms with E-state index in [1.807, 2.05) is 0 Å². The fourth-order valence-corrected chi connectivity index (χ4v) is 1.36. The smallest absolute Gasteiger partial charge is 0.305 e. The van der Waals surface area contributed by atoms with E-state index < -0.39 is 12.0 Å². The fourth-order valence-electron chi connectivity index (χ4n) is 1.05. The summed E-state index contributed by atoms with van der Waals surface area (Å²) in [6.45, 7) is 0. The van der Waals surface area contributed by atoms with E-state index in [1.54, 1.807) is 18.2 Å². The van der Waals surface area contributed by atoms with Gasteiger partial charge in [-0.2, -0.15) is 0 Å². The number of carboxylic acids is 1. The lowest BCUT2D eigenvalue weighted by Crippen LogP contribution is -2.14. The number of halogens is 2. The van der Waals surface area contributed by atoms with E-state index in [0.717, 1.165) is 0 Å². The summed E-state index contributed by atoms with van der Waals surface area (Å²) in [4.78, 5) is 10.4. The second kappa shape index (κ2) is 4.64. The minimum Gasteiger partial charge on any atom is -0.481 e. The highest BCUT2D eigenvalue weighted by Crippen LogP contribution is 2.25. The van der Waals surface area contributed by atoms with Crippen LogP contribution in [0.25, 0.3) is 0 Å². The number of nitrogens with two attached hydrogens (primary N) is 1. The minimum absolute atomic E-state index is 0.127. The van der Waals surface area contributed by atoms with E-state index in [9.17, 15) is 4.79 Å². The van der Waals surface area contributed by atoms with E-state index in [4.69, 9.17) is 34.0 Å². The Bertz CT molecular complexity index is 355. The topological polar surface area (TPSA) is 63.3 Å². The molecule has 0 saturated carbocycles. The third-order valence-electron chi connectivity index (χ3n) is 1.77. The van der Waals surface area contributed by atoms with Gasteiger partial charge in [0.05, 0.1) is 16.5 Å². The zero-order valence-electron chi connectivity index (χ0n) is 7.21. The van der Waals surface area contributed by atoms with Crippen LogP contribution in [0.5, 0.6) is 0 Å². The number of rotatable bonds is 3. The van der Waals surface area contributed by atoms with Crippen LogP contribution in [-0.2, 0) is 4.79 Å². The lowest BCUT2D eigenvalue weighted by atomic mass is 10.1. The third-order valence-corrected chi connectivity index (χ3v) is 2.51. The molecular formula is C9H9Cl2NO2. The molecule has 0 heterocycles. The zero-order chi connectivity index (χ0) is 10.7. The predicted octanol–water partition coefficient (Wildman–Crippen LogP) is 2.47. The molecule has 1 unspecified atom stereocenters. The molecule has 0 aliphatic heterocycles. The van der Waals surface area contributed by atoms with Gasteiger partial charge < -0.3 is 10.8 Å². The molecule has 0 saturated heterocycles. The van der Waals surface area contributed by atoms with Crippen LogP contribution >= 0.6 is 23.2 Å². The first-order chi connectivity index (χ1) is 6.50. The predicted molar refractivity (Wildman–Crippen MR) is 55.6 cm³/mol. The van der Waals surface area contributed by atoms with E-state index in [1.165, 1.54) is 0 Å². The standard InChI is InChI=1S/C9H9Cl2NO2/c10-6-2-1-5(3-7(6)11)8(12)4-9(13)14/h1-3,8H,4,12H2,(H,13,14). The Morgan fingerprint density at radius 2 is 2.07 bits per heavy atom. The van der Waals surface area contributed by atoms with Crippen LogP contribution in [0.2, 0.25) is 10.0 Å². The SMILES string of the molecule is NC(CC(=O)O)c1ccc(Cl)c(Cl)c1. The van der Waals surface area contributed by atoms with Crippen molar-refractivity contribution in [2.45, 2.75) is 12.5 Å². The summed E-state index contributed by atoms with van der Waals surface area (Å²) in [5.74, 6) is -0.941. The van der Waals surface area contributed by atoms with Crippen molar-refractivity contribution >= 4 is 29.2 Å². The Hall–Kier alpha value is -0.770. The number of benzene rings is 1. The van der Waals surface area contributed by atoms with Crippen LogP contribution in [0.1, 0.15) is 18.0 Å². The van der Waals surface area contributed by atoms with Gasteiger partial charge in [-0.25, -0.2) is 0 Å². The van der Waals surface area contributed by atoms with Gasteiger partial charge in [-0.05, 0) is 17.7 Å². The van der Waals surface area contributed by atoms with Crippen molar-refractivity contribution in [2.75, 3.05) is 0 Å². The molecule has 0 radical (unpaired) electrons. The van der Waals surface area contributed by atoms with Crippen LogP contribution < -0.4 is 5.73 Å². The Kier molecular flexibility index (Phi) is 3.75. The molecule has 0 aromatic heterocycles. The Morgan fingerprint density at radius 1 is 1.43 bits per heavy atom. The second-order valence-corrected chi connectivity index (χ2v) is 3.69. The number of carboxylic acid groups (broad SMARTS) is 1. The van der Waals surface area contributed by atoms with E-state index in [2.05, 4.69) is 0 Å². The van der Waals surface area contributed by atoms with E-state index >= 15 is 0 Å². The first kappa shape index (κ1) is 11.3. The van der Waals surface area contributed by atoms with Crippen molar-refractivity contribution in [2.24, 2.45) is 5.73 Å². The monoisotopic (exact) mass is 233 g/mol. The highest BCUT2D eigenvalue weighted by Gasteiger charge is 2.11. The average molecular weight is 234 g/mol. The Balaban J connectivity index is 2.85. The Labute approximate surface area is 91.4 Å². The van der Waals surface area contributed by atoms with Gasteiger partial charge in [-0.3, -0.25) is 4.79 Å². The van der Waals surface area contributed by atoms with Crippen LogP contribution in [0.15, 0.2) is 18.2 Å². The lowest BCUT2D eigenvalue weighted by molar-refractivity contribution is -0.137. The molecule has 1 aromatic carbocycles. The maximum absolute atomic E-state index is 10.4. The second-order valence-electron chi connectivity index (χ2n) is 2.88. The van der Waals surface area contributed by atoms with Crippen LogP contribution in [0.3, 0.4) is 0 Å². The molecule has 3 N–H and O–H groups in total. The highest BCUT2D eigenvalue weighted by molar-refractivity contribution is 6.42. The van der Waals surface area contributed by atoms with Crippen molar-refractivity contribution in [3.05, 3.63) is 33.8 Å². The van der Waals surface area contributed by atoms with Gasteiger partial charge in [0.15, 0.2) is 0 Å². The van der Waals surface area contributed by atoms with Crippen LogP contribution in [0.4, 0.5) is 0 Å². The fraction of sp³-hybridized carbons (Fsp3) is 0.222. The van der Waals surface area contributed by atoms with Crippen molar-refractivity contribution in [3.8, 4) is 0 Å². The molecule has 1 rings (SSSR count). The summed E-state index contributed by atoms with van der Waals surface area (Å²) in [5.41, 5.74) is 6.30. The van der Waals surface area contributed by atoms with Gasteiger partial charge in [0.2, 0.25) is 0 Å². The maximum Gasteiger partial charge on any atom is 0.305 e. The highest BCUT2D eigenvalue weighted by atomic mass is 35.5. The Morgan fingerprint density at radius 3 is 2.57 bits per heavy atom. The quantitative estimate of drug-likeness (QED) is 0.844. The largest absolute Gasteiger partial charge is 0.481 e. The number of carbonyl (C=O) groups is 1. The molecule has 0 aliphatic carbocycles. The van der Waals surface area contributed by atoms with Gasteiger partial charge >= 0.3 is 5.97 Å². The molecule has 14 heavy (non-hydrogen) atoms. The van der Waals surface area contributed by atoms with Crippen molar-refractivity contribution in [1.82, 2.24) is 0 Å². The van der Waals surface area contributed by atoms with Gasteiger partial charge in [-0.1, -0.05) is 29.3 Å². The molecule has 0 fully saturated rings. The summed E-state index contributed by atoms with van der Waals surface area (Å²) < 4.78 is 0. The van der Waals surface area contributed by atoms with Crippen LogP contribution in [0, 0.1) is 0 Å². The minimum atomic E-state index is -0.941. The zero-order valence-corrected chi connectivity index (χ0v) is 8.72. The molecule has 5 heteroatoms.